The van der Waals surface area contributed by atoms with E-state index in [-0.39, 0.29) is 5.78 Å². The molecule has 2 heteroatoms. The number of allylic oxidation sites excluding steroid dienone is 3. The van der Waals surface area contributed by atoms with Gasteiger partial charge in [-0.15, -0.1) is 0 Å². The monoisotopic (exact) mass is 202 g/mol. The van der Waals surface area contributed by atoms with Gasteiger partial charge < -0.3 is 5.11 Å². The minimum Gasteiger partial charge on any atom is -0.515 e. The third-order valence-electron chi connectivity index (χ3n) is 1.98. The Balaban J connectivity index is 2.55. The summed E-state index contributed by atoms with van der Waals surface area (Å²) in [5.74, 6) is 0.0811. The lowest BCUT2D eigenvalue weighted by Gasteiger charge is -1.96. The van der Waals surface area contributed by atoms with Crippen molar-refractivity contribution in [1.82, 2.24) is 0 Å². The lowest BCUT2D eigenvalue weighted by Crippen LogP contribution is -1.95. The van der Waals surface area contributed by atoms with Crippen LogP contribution in [0.4, 0.5) is 0 Å². The maximum Gasteiger partial charge on any atom is 0.166 e. The molecule has 0 aliphatic carbocycles. The largest absolute Gasteiger partial charge is 0.515 e. The molecule has 15 heavy (non-hydrogen) atoms. The number of hydrogen-bond acceptors (Lipinski definition) is 2. The lowest BCUT2D eigenvalue weighted by molar-refractivity contribution is 0.0996. The molecule has 1 aromatic rings. The van der Waals surface area contributed by atoms with Gasteiger partial charge in [0.1, 0.15) is 0 Å². The summed E-state index contributed by atoms with van der Waals surface area (Å²) in [4.78, 5) is 11.6. The zero-order valence-electron chi connectivity index (χ0n) is 8.68. The van der Waals surface area contributed by atoms with Crippen LogP contribution in [0, 0.1) is 0 Å². The van der Waals surface area contributed by atoms with Crippen LogP contribution in [-0.4, -0.2) is 10.9 Å². The van der Waals surface area contributed by atoms with Crippen molar-refractivity contribution >= 4 is 5.78 Å². The zero-order chi connectivity index (χ0) is 11.1. The van der Waals surface area contributed by atoms with Gasteiger partial charge in [-0.1, -0.05) is 42.5 Å². The molecule has 1 N–H and O–H groups in total. The van der Waals surface area contributed by atoms with Crippen LogP contribution in [0.1, 0.15) is 23.7 Å². The third-order valence-corrected chi connectivity index (χ3v) is 1.98. The highest BCUT2D eigenvalue weighted by atomic mass is 16.2. The summed E-state index contributed by atoms with van der Waals surface area (Å²) in [6.07, 6.45) is 4.84. The van der Waals surface area contributed by atoms with Crippen molar-refractivity contribution in [2.75, 3.05) is 0 Å². The van der Waals surface area contributed by atoms with Gasteiger partial charge in [-0.25, -0.2) is 0 Å². The second-order valence-corrected chi connectivity index (χ2v) is 3.27. The number of hydrogen-bond donors (Lipinski definition) is 1. The summed E-state index contributed by atoms with van der Waals surface area (Å²) in [6.45, 7) is 1.77. The molecule has 0 spiro atoms. The summed E-state index contributed by atoms with van der Waals surface area (Å²) in [5, 5.41) is 8.62. The van der Waals surface area contributed by atoms with Crippen LogP contribution in [0.5, 0.6) is 0 Å². The average molecular weight is 202 g/mol. The Kier molecular flexibility index (Phi) is 4.35. The Morgan fingerprint density at radius 2 is 2.00 bits per heavy atom. The van der Waals surface area contributed by atoms with Gasteiger partial charge in [-0.3, -0.25) is 4.79 Å². The van der Waals surface area contributed by atoms with Crippen molar-refractivity contribution < 1.29 is 9.90 Å². The number of aliphatic hydroxyl groups excluding tert-OH is 1. The number of Topliss-reactive ketones (excluding diaryl/α,β-unsaturated/α-hetero) is 1. The molecule has 0 fully saturated rings. The van der Waals surface area contributed by atoms with Crippen LogP contribution >= 0.6 is 0 Å². The fraction of sp³-hybridized carbons (Fsp3) is 0.154. The van der Waals surface area contributed by atoms with Crippen LogP contribution in [0.2, 0.25) is 0 Å². The van der Waals surface area contributed by atoms with E-state index in [1.54, 1.807) is 31.2 Å². The fourth-order valence-corrected chi connectivity index (χ4v) is 1.14. The molecule has 0 atom stereocenters. The van der Waals surface area contributed by atoms with E-state index in [1.807, 2.05) is 18.2 Å². The molecular weight excluding hydrogens is 188 g/mol. The van der Waals surface area contributed by atoms with Gasteiger partial charge in [0.2, 0.25) is 0 Å². The van der Waals surface area contributed by atoms with Gasteiger partial charge >= 0.3 is 0 Å². The lowest BCUT2D eigenvalue weighted by atomic mass is 10.1. The van der Waals surface area contributed by atoms with Crippen molar-refractivity contribution in [2.24, 2.45) is 0 Å². The number of benzene rings is 1. The molecule has 0 bridgehead atoms. The molecule has 0 aliphatic rings. The van der Waals surface area contributed by atoms with E-state index in [1.165, 1.54) is 0 Å². The van der Waals surface area contributed by atoms with Crippen LogP contribution in [-0.2, 0) is 0 Å². The summed E-state index contributed by atoms with van der Waals surface area (Å²) in [7, 11) is 0. The summed E-state index contributed by atoms with van der Waals surface area (Å²) in [6, 6.07) is 9.16. The maximum absolute atomic E-state index is 11.6. The molecule has 0 heterocycles. The van der Waals surface area contributed by atoms with Gasteiger partial charge in [0.05, 0.1) is 6.26 Å². The SMILES string of the molecule is CC(/C=C/CC(=O)c1ccccc1)=C\O. The average Bonchev–Trinajstić information content (AvgIpc) is 2.29. The van der Waals surface area contributed by atoms with Gasteiger partial charge in [-0.05, 0) is 12.5 Å². The van der Waals surface area contributed by atoms with Gasteiger partial charge in [0.25, 0.3) is 0 Å². The molecule has 0 radical (unpaired) electrons. The molecule has 78 valence electrons. The smallest absolute Gasteiger partial charge is 0.166 e. The summed E-state index contributed by atoms with van der Waals surface area (Å²) >= 11 is 0. The number of aliphatic hydroxyl groups is 1. The van der Waals surface area contributed by atoms with Crippen molar-refractivity contribution in [2.45, 2.75) is 13.3 Å². The highest BCUT2D eigenvalue weighted by Gasteiger charge is 2.00. The highest BCUT2D eigenvalue weighted by molar-refractivity contribution is 5.96. The van der Waals surface area contributed by atoms with Gasteiger partial charge in [0.15, 0.2) is 5.78 Å². The number of carbonyl (C=O) groups is 1. The van der Waals surface area contributed by atoms with Crippen LogP contribution in [0.3, 0.4) is 0 Å². The van der Waals surface area contributed by atoms with Crippen LogP contribution in [0.15, 0.2) is 54.3 Å². The van der Waals surface area contributed by atoms with Crippen molar-refractivity contribution in [3.63, 3.8) is 0 Å². The number of rotatable bonds is 4. The number of ketones is 1. The van der Waals surface area contributed by atoms with E-state index in [4.69, 9.17) is 5.11 Å². The van der Waals surface area contributed by atoms with E-state index < -0.39 is 0 Å². The van der Waals surface area contributed by atoms with Gasteiger partial charge in [-0.2, -0.15) is 0 Å². The highest BCUT2D eigenvalue weighted by Crippen LogP contribution is 2.04. The van der Waals surface area contributed by atoms with Crippen molar-refractivity contribution in [3.05, 3.63) is 59.9 Å². The molecule has 0 unspecified atom stereocenters. The molecule has 1 aromatic carbocycles. The topological polar surface area (TPSA) is 37.3 Å². The Hall–Kier alpha value is -1.83. The third kappa shape index (κ3) is 3.81. The first-order chi connectivity index (χ1) is 7.24. The Bertz CT molecular complexity index is 375. The van der Waals surface area contributed by atoms with Gasteiger partial charge in [0, 0.05) is 12.0 Å². The predicted octanol–water partition coefficient (Wildman–Crippen LogP) is 3.28. The molecule has 0 amide bonds. The first kappa shape index (κ1) is 11.2. The van der Waals surface area contributed by atoms with Crippen LogP contribution in [0.25, 0.3) is 0 Å². The molecular formula is C13H14O2. The molecule has 0 aliphatic heterocycles. The summed E-state index contributed by atoms with van der Waals surface area (Å²) in [5.41, 5.74) is 1.45. The molecule has 0 aromatic heterocycles. The minimum atomic E-state index is 0.0811. The zero-order valence-corrected chi connectivity index (χ0v) is 8.68. The van der Waals surface area contributed by atoms with E-state index in [0.717, 1.165) is 11.8 Å². The quantitative estimate of drug-likeness (QED) is 0.462. The van der Waals surface area contributed by atoms with E-state index in [2.05, 4.69) is 0 Å². The van der Waals surface area contributed by atoms with Crippen molar-refractivity contribution in [3.8, 4) is 0 Å². The molecule has 2 nitrogen and oxygen atoms in total. The Labute approximate surface area is 89.6 Å². The molecule has 1 rings (SSSR count). The predicted molar refractivity (Wildman–Crippen MR) is 60.9 cm³/mol. The Morgan fingerprint density at radius 1 is 1.33 bits per heavy atom. The maximum atomic E-state index is 11.6. The fourth-order valence-electron chi connectivity index (χ4n) is 1.14. The molecule has 0 saturated carbocycles. The van der Waals surface area contributed by atoms with Crippen LogP contribution < -0.4 is 0 Å². The normalized spacial score (nSPS) is 11.9. The second-order valence-electron chi connectivity index (χ2n) is 3.27. The number of carbonyl (C=O) groups excluding carboxylic acids is 1. The van der Waals surface area contributed by atoms with E-state index >= 15 is 0 Å². The first-order valence-electron chi connectivity index (χ1n) is 4.80. The van der Waals surface area contributed by atoms with E-state index in [0.29, 0.717) is 12.0 Å². The minimum absolute atomic E-state index is 0.0811. The molecule has 0 saturated heterocycles. The standard InChI is InChI=1S/C13H14O2/c1-11(10-14)6-5-9-13(15)12-7-3-2-4-8-12/h2-8,10,14H,9H2,1H3/b6-5+,11-10+. The second kappa shape index (κ2) is 5.81. The van der Waals surface area contributed by atoms with E-state index in [9.17, 15) is 4.79 Å². The Morgan fingerprint density at radius 3 is 2.60 bits per heavy atom. The van der Waals surface area contributed by atoms with Crippen molar-refractivity contribution in [1.29, 1.82) is 0 Å². The first-order valence-corrected chi connectivity index (χ1v) is 4.80. The summed E-state index contributed by atoms with van der Waals surface area (Å²) < 4.78 is 0.